The minimum Gasteiger partial charge on any atom is -0.310 e. The summed E-state index contributed by atoms with van der Waals surface area (Å²) in [7, 11) is 0. The zero-order chi connectivity index (χ0) is 42.9. The summed E-state index contributed by atoms with van der Waals surface area (Å²) in [6, 6.07) is 93.8. The molecule has 2 nitrogen and oxygen atoms in total. The fraction of sp³-hybridized carbons (Fsp3) is 0.0159. The number of rotatable bonds is 7. The molecular formula is C63H42N2. The normalized spacial score (nSPS) is 13.0. The van der Waals surface area contributed by atoms with Gasteiger partial charge in [-0.3, -0.25) is 0 Å². The molecule has 0 aromatic heterocycles. The molecule has 0 bridgehead atoms. The number of nitrogens with zero attached hydrogens (tertiary/aromatic N) is 2. The number of anilines is 6. The summed E-state index contributed by atoms with van der Waals surface area (Å²) in [6.07, 6.45) is 0. The van der Waals surface area contributed by atoms with Crippen LogP contribution >= 0.6 is 0 Å². The lowest BCUT2D eigenvalue weighted by Crippen LogP contribution is -2.28. The van der Waals surface area contributed by atoms with Crippen LogP contribution in [0.25, 0.3) is 54.9 Å². The summed E-state index contributed by atoms with van der Waals surface area (Å²) >= 11 is 0. The summed E-state index contributed by atoms with van der Waals surface area (Å²) in [4.78, 5) is 4.86. The van der Waals surface area contributed by atoms with E-state index in [0.717, 1.165) is 33.9 Å². The van der Waals surface area contributed by atoms with E-state index in [4.69, 9.17) is 0 Å². The first-order valence-electron chi connectivity index (χ1n) is 22.5. The maximum atomic E-state index is 2.45. The third-order valence-electron chi connectivity index (χ3n) is 13.8. The Kier molecular flexibility index (Phi) is 8.47. The molecule has 1 aliphatic heterocycles. The van der Waals surface area contributed by atoms with Crippen LogP contribution in [-0.4, -0.2) is 0 Å². The van der Waals surface area contributed by atoms with Crippen molar-refractivity contribution in [1.29, 1.82) is 0 Å². The van der Waals surface area contributed by atoms with Crippen LogP contribution in [0.5, 0.6) is 0 Å². The lowest BCUT2D eigenvalue weighted by atomic mass is 9.67. The summed E-state index contributed by atoms with van der Waals surface area (Å²) in [5, 5.41) is 5.06. The van der Waals surface area contributed by atoms with Gasteiger partial charge >= 0.3 is 0 Å². The molecule has 1 heterocycles. The van der Waals surface area contributed by atoms with E-state index in [1.807, 2.05) is 0 Å². The minimum absolute atomic E-state index is 0.494. The predicted octanol–water partition coefficient (Wildman–Crippen LogP) is 16.9. The van der Waals surface area contributed by atoms with Crippen LogP contribution < -0.4 is 9.80 Å². The molecule has 0 unspecified atom stereocenters. The van der Waals surface area contributed by atoms with Crippen LogP contribution in [-0.2, 0) is 5.41 Å². The van der Waals surface area contributed by atoms with E-state index in [2.05, 4.69) is 265 Å². The van der Waals surface area contributed by atoms with Crippen LogP contribution in [0.1, 0.15) is 22.3 Å². The molecule has 13 rings (SSSR count). The van der Waals surface area contributed by atoms with Gasteiger partial charge in [0.05, 0.1) is 16.8 Å². The van der Waals surface area contributed by atoms with Crippen molar-refractivity contribution in [2.45, 2.75) is 5.41 Å². The molecular weight excluding hydrogens is 785 g/mol. The third kappa shape index (κ3) is 5.67. The van der Waals surface area contributed by atoms with E-state index >= 15 is 0 Å². The van der Waals surface area contributed by atoms with Gasteiger partial charge in [-0.2, -0.15) is 0 Å². The Morgan fingerprint density at radius 1 is 0.338 bits per heavy atom. The quantitative estimate of drug-likeness (QED) is 0.158. The van der Waals surface area contributed by atoms with Crippen molar-refractivity contribution < 1.29 is 0 Å². The highest BCUT2D eigenvalue weighted by Gasteiger charge is 2.46. The second-order valence-corrected chi connectivity index (χ2v) is 17.2. The fourth-order valence-electron chi connectivity index (χ4n) is 11.1. The van der Waals surface area contributed by atoms with Crippen molar-refractivity contribution in [3.05, 3.63) is 277 Å². The Morgan fingerprint density at radius 2 is 0.938 bits per heavy atom. The number of hydrogen-bond acceptors (Lipinski definition) is 2. The van der Waals surface area contributed by atoms with Gasteiger partial charge in [0.2, 0.25) is 0 Å². The molecule has 304 valence electrons. The van der Waals surface area contributed by atoms with Gasteiger partial charge in [0.25, 0.3) is 0 Å². The molecule has 0 fully saturated rings. The van der Waals surface area contributed by atoms with Gasteiger partial charge in [0, 0.05) is 33.7 Å². The van der Waals surface area contributed by atoms with E-state index in [1.54, 1.807) is 0 Å². The Bertz CT molecular complexity index is 3550. The zero-order valence-corrected chi connectivity index (χ0v) is 35.6. The Labute approximate surface area is 379 Å². The van der Waals surface area contributed by atoms with E-state index in [1.165, 1.54) is 77.4 Å². The molecule has 0 atom stereocenters. The molecule has 0 amide bonds. The standard InChI is InChI=1S/C63H42N2/c1-4-21-47(22-5-1)63(48-23-6-2-7-24-48)57-31-13-12-29-54(57)55-39-38-52(42-58(55)63)64(49-25-8-3-9-26-49)51-27-14-20-46(41-51)43-33-36-50(37-34-43)65-59-32-16-19-45-18-15-30-56(61(45)59)62-53-28-11-10-17-44(53)35-40-60(62)65/h1-42H. The lowest BCUT2D eigenvalue weighted by Gasteiger charge is -2.35. The summed E-state index contributed by atoms with van der Waals surface area (Å²) in [5.41, 5.74) is 18.9. The van der Waals surface area contributed by atoms with Gasteiger partial charge < -0.3 is 9.80 Å². The number of para-hydroxylation sites is 1. The van der Waals surface area contributed by atoms with Gasteiger partial charge in [0.15, 0.2) is 0 Å². The minimum atomic E-state index is -0.494. The largest absolute Gasteiger partial charge is 0.310 e. The van der Waals surface area contributed by atoms with Crippen LogP contribution in [0.4, 0.5) is 34.1 Å². The molecule has 0 spiro atoms. The molecule has 0 radical (unpaired) electrons. The summed E-state index contributed by atoms with van der Waals surface area (Å²) in [5.74, 6) is 0. The van der Waals surface area contributed by atoms with Gasteiger partial charge in [-0.05, 0) is 127 Å². The second kappa shape index (κ2) is 14.8. The number of fused-ring (bicyclic) bond motifs is 7. The Morgan fingerprint density at radius 3 is 1.72 bits per heavy atom. The van der Waals surface area contributed by atoms with Crippen molar-refractivity contribution >= 4 is 55.7 Å². The first-order valence-corrected chi connectivity index (χ1v) is 22.5. The van der Waals surface area contributed by atoms with Gasteiger partial charge in [-0.15, -0.1) is 0 Å². The smallest absolute Gasteiger partial charge is 0.0714 e. The molecule has 2 aliphatic rings. The number of benzene rings is 11. The highest BCUT2D eigenvalue weighted by atomic mass is 15.2. The maximum absolute atomic E-state index is 2.45. The third-order valence-corrected chi connectivity index (χ3v) is 13.8. The second-order valence-electron chi connectivity index (χ2n) is 17.2. The highest BCUT2D eigenvalue weighted by Crippen LogP contribution is 2.58. The van der Waals surface area contributed by atoms with E-state index in [0.29, 0.717) is 0 Å². The van der Waals surface area contributed by atoms with Crippen molar-refractivity contribution in [1.82, 2.24) is 0 Å². The molecule has 11 aromatic rings. The molecule has 0 saturated heterocycles. The predicted molar refractivity (Wildman–Crippen MR) is 273 cm³/mol. The molecule has 0 saturated carbocycles. The van der Waals surface area contributed by atoms with Crippen molar-refractivity contribution in [2.75, 3.05) is 9.80 Å². The van der Waals surface area contributed by atoms with E-state index in [9.17, 15) is 0 Å². The topological polar surface area (TPSA) is 6.48 Å². The van der Waals surface area contributed by atoms with Gasteiger partial charge in [-0.25, -0.2) is 0 Å². The Hall–Kier alpha value is -8.46. The van der Waals surface area contributed by atoms with Crippen LogP contribution in [0.3, 0.4) is 0 Å². The highest BCUT2D eigenvalue weighted by molar-refractivity contribution is 6.19. The van der Waals surface area contributed by atoms with E-state index in [-0.39, 0.29) is 0 Å². The van der Waals surface area contributed by atoms with Gasteiger partial charge in [-0.1, -0.05) is 194 Å². The number of hydrogen-bond donors (Lipinski definition) is 0. The SMILES string of the molecule is c1ccc(N(c2cccc(-c3ccc(N4c5ccc6ccccc6c5-c5cccc6cccc4c56)cc3)c2)c2ccc3c(c2)C(c2ccccc2)(c2ccccc2)c2ccccc2-3)cc1. The maximum Gasteiger partial charge on any atom is 0.0714 e. The van der Waals surface area contributed by atoms with Crippen molar-refractivity contribution in [3.63, 3.8) is 0 Å². The van der Waals surface area contributed by atoms with E-state index < -0.39 is 5.41 Å². The summed E-state index contributed by atoms with van der Waals surface area (Å²) < 4.78 is 0. The molecule has 1 aliphatic carbocycles. The molecule has 0 N–H and O–H groups in total. The summed E-state index contributed by atoms with van der Waals surface area (Å²) in [6.45, 7) is 0. The van der Waals surface area contributed by atoms with Crippen molar-refractivity contribution in [2.24, 2.45) is 0 Å². The van der Waals surface area contributed by atoms with Gasteiger partial charge in [0.1, 0.15) is 0 Å². The average Bonchev–Trinajstić information content (AvgIpc) is 3.68. The van der Waals surface area contributed by atoms with Crippen LogP contribution in [0.15, 0.2) is 255 Å². The van der Waals surface area contributed by atoms with Crippen LogP contribution in [0, 0.1) is 0 Å². The van der Waals surface area contributed by atoms with Crippen molar-refractivity contribution in [3.8, 4) is 33.4 Å². The molecule has 11 aromatic carbocycles. The Balaban J connectivity index is 0.936. The fourth-order valence-corrected chi connectivity index (χ4v) is 11.1. The average molecular weight is 827 g/mol. The lowest BCUT2D eigenvalue weighted by molar-refractivity contribution is 0.768. The molecule has 65 heavy (non-hydrogen) atoms. The monoisotopic (exact) mass is 826 g/mol. The van der Waals surface area contributed by atoms with Crippen LogP contribution in [0.2, 0.25) is 0 Å². The first kappa shape index (κ1) is 37.1. The molecule has 2 heteroatoms. The first-order chi connectivity index (χ1) is 32.3. The zero-order valence-electron chi connectivity index (χ0n) is 35.6.